The first-order valence-electron chi connectivity index (χ1n) is 6.41. The van der Waals surface area contributed by atoms with Crippen LogP contribution in [0.4, 0.5) is 0 Å². The summed E-state index contributed by atoms with van der Waals surface area (Å²) in [6.07, 6.45) is 10.0. The molecule has 3 heterocycles. The first-order valence-corrected chi connectivity index (χ1v) is 7.23. The Morgan fingerprint density at radius 2 is 2.35 bits per heavy atom. The second-order valence-electron chi connectivity index (χ2n) is 4.57. The standard InChI is InChI=1S/C13H15N5OS/c1-10-7-18-8-11(16-13(18)20-10)12(19)15-3-2-5-17-6-4-14-9-17/h4,6-9H,2-3,5H2,1H3,(H,15,19). The van der Waals surface area contributed by atoms with E-state index in [1.807, 2.05) is 28.3 Å². The SMILES string of the molecule is Cc1cn2cc(C(=O)NCCCn3ccnc3)nc2s1. The highest BCUT2D eigenvalue weighted by molar-refractivity contribution is 7.17. The number of carbonyl (C=O) groups is 1. The Morgan fingerprint density at radius 3 is 3.10 bits per heavy atom. The predicted molar refractivity (Wildman–Crippen MR) is 77.0 cm³/mol. The lowest BCUT2D eigenvalue weighted by Crippen LogP contribution is -2.25. The molecule has 6 nitrogen and oxygen atoms in total. The van der Waals surface area contributed by atoms with E-state index in [4.69, 9.17) is 0 Å². The molecule has 0 saturated heterocycles. The van der Waals surface area contributed by atoms with E-state index in [-0.39, 0.29) is 5.91 Å². The monoisotopic (exact) mass is 289 g/mol. The van der Waals surface area contributed by atoms with Gasteiger partial charge in [0.1, 0.15) is 5.69 Å². The molecule has 20 heavy (non-hydrogen) atoms. The number of thiazole rings is 1. The van der Waals surface area contributed by atoms with E-state index in [0.717, 1.165) is 17.9 Å². The van der Waals surface area contributed by atoms with E-state index in [0.29, 0.717) is 12.2 Å². The lowest BCUT2D eigenvalue weighted by molar-refractivity contribution is 0.0948. The number of aromatic nitrogens is 4. The van der Waals surface area contributed by atoms with Crippen LogP contribution in [-0.4, -0.2) is 31.4 Å². The van der Waals surface area contributed by atoms with Gasteiger partial charge in [0.15, 0.2) is 4.96 Å². The van der Waals surface area contributed by atoms with E-state index in [2.05, 4.69) is 15.3 Å². The third kappa shape index (κ3) is 2.72. The quantitative estimate of drug-likeness (QED) is 0.727. The third-order valence-electron chi connectivity index (χ3n) is 2.94. The number of fused-ring (bicyclic) bond motifs is 1. The minimum Gasteiger partial charge on any atom is -0.351 e. The molecule has 104 valence electrons. The van der Waals surface area contributed by atoms with Crippen molar-refractivity contribution in [3.8, 4) is 0 Å². The van der Waals surface area contributed by atoms with Gasteiger partial charge >= 0.3 is 0 Å². The summed E-state index contributed by atoms with van der Waals surface area (Å²) in [5.41, 5.74) is 0.471. The maximum absolute atomic E-state index is 12.0. The first-order chi connectivity index (χ1) is 9.72. The van der Waals surface area contributed by atoms with Crippen LogP contribution < -0.4 is 5.32 Å². The van der Waals surface area contributed by atoms with Crippen LogP contribution in [0.5, 0.6) is 0 Å². The molecule has 0 radical (unpaired) electrons. The van der Waals surface area contributed by atoms with Gasteiger partial charge in [-0.3, -0.25) is 9.20 Å². The number of aryl methyl sites for hydroxylation is 2. The van der Waals surface area contributed by atoms with Gasteiger partial charge in [-0.05, 0) is 13.3 Å². The maximum atomic E-state index is 12.0. The van der Waals surface area contributed by atoms with E-state index in [9.17, 15) is 4.79 Å². The molecule has 1 N–H and O–H groups in total. The van der Waals surface area contributed by atoms with Crippen molar-refractivity contribution in [2.75, 3.05) is 6.54 Å². The van der Waals surface area contributed by atoms with Gasteiger partial charge in [0.2, 0.25) is 0 Å². The second-order valence-corrected chi connectivity index (χ2v) is 5.78. The summed E-state index contributed by atoms with van der Waals surface area (Å²) in [5, 5.41) is 2.88. The Labute approximate surface area is 120 Å². The van der Waals surface area contributed by atoms with Gasteiger partial charge in [0.25, 0.3) is 5.91 Å². The molecular formula is C13H15N5OS. The van der Waals surface area contributed by atoms with Crippen molar-refractivity contribution in [3.63, 3.8) is 0 Å². The van der Waals surface area contributed by atoms with Crippen molar-refractivity contribution in [2.24, 2.45) is 0 Å². The average Bonchev–Trinajstić information content (AvgIpc) is 3.09. The summed E-state index contributed by atoms with van der Waals surface area (Å²) in [7, 11) is 0. The van der Waals surface area contributed by atoms with Crippen molar-refractivity contribution in [2.45, 2.75) is 19.9 Å². The minimum absolute atomic E-state index is 0.121. The molecule has 0 spiro atoms. The molecule has 0 aliphatic rings. The van der Waals surface area contributed by atoms with Crippen molar-refractivity contribution >= 4 is 22.2 Å². The van der Waals surface area contributed by atoms with Gasteiger partial charge in [0.05, 0.1) is 6.33 Å². The van der Waals surface area contributed by atoms with Crippen LogP contribution in [0.2, 0.25) is 0 Å². The molecule has 0 aliphatic heterocycles. The summed E-state index contributed by atoms with van der Waals surface area (Å²) >= 11 is 1.58. The van der Waals surface area contributed by atoms with Crippen LogP contribution in [-0.2, 0) is 6.54 Å². The van der Waals surface area contributed by atoms with E-state index in [1.54, 1.807) is 30.1 Å². The summed E-state index contributed by atoms with van der Waals surface area (Å²) < 4.78 is 3.88. The van der Waals surface area contributed by atoms with Crippen LogP contribution >= 0.6 is 11.3 Å². The number of rotatable bonds is 5. The Bertz CT molecular complexity index is 681. The van der Waals surface area contributed by atoms with Crippen LogP contribution in [0.3, 0.4) is 0 Å². The zero-order valence-electron chi connectivity index (χ0n) is 11.1. The van der Waals surface area contributed by atoms with Gasteiger partial charge in [-0.2, -0.15) is 0 Å². The summed E-state index contributed by atoms with van der Waals surface area (Å²) in [4.78, 5) is 22.3. The number of nitrogens with zero attached hydrogens (tertiary/aromatic N) is 4. The van der Waals surface area contributed by atoms with E-state index in [1.165, 1.54) is 4.88 Å². The van der Waals surface area contributed by atoms with Crippen LogP contribution in [0, 0.1) is 6.92 Å². The summed E-state index contributed by atoms with van der Waals surface area (Å²) in [6.45, 7) is 3.49. The summed E-state index contributed by atoms with van der Waals surface area (Å²) in [5.74, 6) is -0.121. The second kappa shape index (κ2) is 5.46. The van der Waals surface area contributed by atoms with Crippen LogP contribution in [0.1, 0.15) is 21.8 Å². The average molecular weight is 289 g/mol. The topological polar surface area (TPSA) is 64.2 Å². The number of carbonyl (C=O) groups excluding carboxylic acids is 1. The molecule has 3 aromatic rings. The van der Waals surface area contributed by atoms with Crippen molar-refractivity contribution in [1.29, 1.82) is 0 Å². The number of hydrogen-bond donors (Lipinski definition) is 1. The van der Waals surface area contributed by atoms with E-state index >= 15 is 0 Å². The molecule has 1 amide bonds. The molecular weight excluding hydrogens is 274 g/mol. The fourth-order valence-electron chi connectivity index (χ4n) is 1.99. The molecule has 3 rings (SSSR count). The number of nitrogens with one attached hydrogen (secondary N) is 1. The zero-order chi connectivity index (χ0) is 13.9. The zero-order valence-corrected chi connectivity index (χ0v) is 11.9. The Balaban J connectivity index is 1.52. The highest BCUT2D eigenvalue weighted by Crippen LogP contribution is 2.16. The van der Waals surface area contributed by atoms with Crippen LogP contribution in [0.15, 0.2) is 31.1 Å². The highest BCUT2D eigenvalue weighted by Gasteiger charge is 2.11. The van der Waals surface area contributed by atoms with Crippen molar-refractivity contribution < 1.29 is 4.79 Å². The van der Waals surface area contributed by atoms with Gasteiger partial charge in [-0.1, -0.05) is 0 Å². The van der Waals surface area contributed by atoms with E-state index < -0.39 is 0 Å². The fourth-order valence-corrected chi connectivity index (χ4v) is 2.80. The fraction of sp³-hybridized carbons (Fsp3) is 0.308. The molecule has 0 aliphatic carbocycles. The predicted octanol–water partition coefficient (Wildman–Crippen LogP) is 1.72. The highest BCUT2D eigenvalue weighted by atomic mass is 32.1. The van der Waals surface area contributed by atoms with Gasteiger partial charge in [0, 0.05) is 42.8 Å². The smallest absolute Gasteiger partial charge is 0.271 e. The van der Waals surface area contributed by atoms with Gasteiger partial charge in [-0.15, -0.1) is 11.3 Å². The van der Waals surface area contributed by atoms with Crippen molar-refractivity contribution in [3.05, 3.63) is 41.7 Å². The Hall–Kier alpha value is -2.15. The molecule has 0 atom stereocenters. The maximum Gasteiger partial charge on any atom is 0.271 e. The molecule has 0 bridgehead atoms. The largest absolute Gasteiger partial charge is 0.351 e. The molecule has 7 heteroatoms. The van der Waals surface area contributed by atoms with Crippen LogP contribution in [0.25, 0.3) is 4.96 Å². The molecule has 3 aromatic heterocycles. The molecule has 0 saturated carbocycles. The van der Waals surface area contributed by atoms with Gasteiger partial charge in [-0.25, -0.2) is 9.97 Å². The molecule has 0 fully saturated rings. The number of amides is 1. The molecule has 0 aromatic carbocycles. The minimum atomic E-state index is -0.121. The number of imidazole rings is 2. The Kier molecular flexibility index (Phi) is 3.51. The third-order valence-corrected chi connectivity index (χ3v) is 3.85. The number of hydrogen-bond acceptors (Lipinski definition) is 4. The summed E-state index contributed by atoms with van der Waals surface area (Å²) in [6, 6.07) is 0. The first kappa shape index (κ1) is 12.9. The molecule has 0 unspecified atom stereocenters. The Morgan fingerprint density at radius 1 is 1.45 bits per heavy atom. The normalized spacial score (nSPS) is 11.1. The van der Waals surface area contributed by atoms with Gasteiger partial charge < -0.3 is 9.88 Å². The lowest BCUT2D eigenvalue weighted by Gasteiger charge is -2.03. The van der Waals surface area contributed by atoms with Crippen molar-refractivity contribution in [1.82, 2.24) is 24.3 Å². The lowest BCUT2D eigenvalue weighted by atomic mass is 10.4.